The highest BCUT2D eigenvalue weighted by Crippen LogP contribution is 2.14. The van der Waals surface area contributed by atoms with Crippen molar-refractivity contribution in [1.82, 2.24) is 5.32 Å². The van der Waals surface area contributed by atoms with Gasteiger partial charge in [-0.3, -0.25) is 4.79 Å². The molecule has 1 atom stereocenters. The topological polar surface area (TPSA) is 62.1 Å². The van der Waals surface area contributed by atoms with Crippen LogP contribution in [0, 0.1) is 11.3 Å². The molecule has 0 aliphatic carbocycles. The van der Waals surface area contributed by atoms with Crippen LogP contribution in [0.5, 0.6) is 5.75 Å². The van der Waals surface area contributed by atoms with E-state index in [0.29, 0.717) is 22.9 Å². The van der Waals surface area contributed by atoms with E-state index in [1.807, 2.05) is 18.2 Å². The summed E-state index contributed by atoms with van der Waals surface area (Å²) in [5.74, 6) is 0.340. The Labute approximate surface area is 134 Å². The van der Waals surface area contributed by atoms with Gasteiger partial charge in [0.15, 0.2) is 6.10 Å². The number of nitrogens with one attached hydrogen (secondary N) is 1. The quantitative estimate of drug-likeness (QED) is 0.921. The molecule has 0 saturated heterocycles. The number of hydrogen-bond acceptors (Lipinski definition) is 3. The van der Waals surface area contributed by atoms with Crippen molar-refractivity contribution in [3.63, 3.8) is 0 Å². The maximum atomic E-state index is 12.0. The lowest BCUT2D eigenvalue weighted by Crippen LogP contribution is -2.35. The van der Waals surface area contributed by atoms with Gasteiger partial charge in [0.2, 0.25) is 0 Å². The minimum atomic E-state index is -0.625. The van der Waals surface area contributed by atoms with E-state index in [2.05, 4.69) is 5.32 Å². The summed E-state index contributed by atoms with van der Waals surface area (Å²) in [5.41, 5.74) is 1.51. The molecule has 0 fully saturated rings. The molecule has 1 N–H and O–H groups in total. The van der Waals surface area contributed by atoms with Crippen molar-refractivity contribution in [1.29, 1.82) is 5.26 Å². The molecule has 0 spiro atoms. The van der Waals surface area contributed by atoms with E-state index in [0.717, 1.165) is 5.56 Å². The average Bonchev–Trinajstić information content (AvgIpc) is 2.54. The van der Waals surface area contributed by atoms with Crippen molar-refractivity contribution in [2.24, 2.45) is 0 Å². The first-order valence-electron chi connectivity index (χ1n) is 6.77. The molecule has 0 aliphatic rings. The first-order chi connectivity index (χ1) is 10.6. The summed E-state index contributed by atoms with van der Waals surface area (Å²) in [6, 6.07) is 15.9. The summed E-state index contributed by atoms with van der Waals surface area (Å²) in [6.45, 7) is 2.09. The van der Waals surface area contributed by atoms with E-state index in [4.69, 9.17) is 21.6 Å². The van der Waals surface area contributed by atoms with Crippen molar-refractivity contribution >= 4 is 17.5 Å². The molecule has 0 radical (unpaired) electrons. The second kappa shape index (κ2) is 7.48. The fourth-order valence-electron chi connectivity index (χ4n) is 1.80. The van der Waals surface area contributed by atoms with Crippen molar-refractivity contribution in [2.45, 2.75) is 19.6 Å². The molecule has 22 heavy (non-hydrogen) atoms. The Balaban J connectivity index is 1.86. The molecule has 2 aromatic rings. The maximum absolute atomic E-state index is 12.0. The summed E-state index contributed by atoms with van der Waals surface area (Å²) < 4.78 is 5.54. The van der Waals surface area contributed by atoms with E-state index in [9.17, 15) is 4.79 Å². The van der Waals surface area contributed by atoms with Gasteiger partial charge in [-0.05, 0) is 48.9 Å². The van der Waals surface area contributed by atoms with Crippen LogP contribution in [0.25, 0.3) is 0 Å². The van der Waals surface area contributed by atoms with Gasteiger partial charge >= 0.3 is 0 Å². The normalized spacial score (nSPS) is 11.3. The third-order valence-electron chi connectivity index (χ3n) is 3.05. The molecule has 0 aliphatic heterocycles. The molecule has 5 heteroatoms. The fraction of sp³-hybridized carbons (Fsp3) is 0.176. The highest BCUT2D eigenvalue weighted by molar-refractivity contribution is 6.30. The number of amides is 1. The summed E-state index contributed by atoms with van der Waals surface area (Å²) in [4.78, 5) is 12.0. The van der Waals surface area contributed by atoms with E-state index in [1.165, 1.54) is 0 Å². The summed E-state index contributed by atoms with van der Waals surface area (Å²) in [6.07, 6.45) is -0.625. The highest BCUT2D eigenvalue weighted by Gasteiger charge is 2.14. The number of carbonyl (C=O) groups excluding carboxylic acids is 1. The number of nitrogens with zero attached hydrogens (tertiary/aromatic N) is 1. The number of halogens is 1. The molecule has 0 bridgehead atoms. The smallest absolute Gasteiger partial charge is 0.261 e. The largest absolute Gasteiger partial charge is 0.481 e. The number of benzene rings is 2. The van der Waals surface area contributed by atoms with Gasteiger partial charge in [0.25, 0.3) is 5.91 Å². The van der Waals surface area contributed by atoms with Crippen LogP contribution in [0.15, 0.2) is 48.5 Å². The minimum Gasteiger partial charge on any atom is -0.481 e. The maximum Gasteiger partial charge on any atom is 0.261 e. The molecule has 1 amide bonds. The van der Waals surface area contributed by atoms with Crippen LogP contribution in [0.1, 0.15) is 18.1 Å². The molecule has 0 unspecified atom stereocenters. The molecule has 4 nitrogen and oxygen atoms in total. The first kappa shape index (κ1) is 15.9. The molecule has 0 heterocycles. The van der Waals surface area contributed by atoms with Gasteiger partial charge in [-0.2, -0.15) is 5.26 Å². The van der Waals surface area contributed by atoms with E-state index in [-0.39, 0.29) is 5.91 Å². The predicted molar refractivity (Wildman–Crippen MR) is 84.5 cm³/mol. The van der Waals surface area contributed by atoms with Crippen LogP contribution in [0.2, 0.25) is 5.02 Å². The molecular formula is C17H15ClN2O2. The molecule has 2 aromatic carbocycles. The van der Waals surface area contributed by atoms with Gasteiger partial charge in [0.1, 0.15) is 5.75 Å². The van der Waals surface area contributed by atoms with E-state index in [1.54, 1.807) is 43.3 Å². The standard InChI is InChI=1S/C17H15ClN2O2/c1-12(22-16-8-4-13(10-19)5-9-16)17(21)20-11-14-2-6-15(18)7-3-14/h2-9,12H,11H2,1H3,(H,20,21)/t12-/m0/s1. The van der Waals surface area contributed by atoms with Crippen molar-refractivity contribution < 1.29 is 9.53 Å². The Morgan fingerprint density at radius 2 is 1.86 bits per heavy atom. The Bertz CT molecular complexity index is 675. The Kier molecular flexibility index (Phi) is 5.40. The zero-order valence-corrected chi connectivity index (χ0v) is 12.8. The molecule has 112 valence electrons. The SMILES string of the molecule is C[C@H](Oc1ccc(C#N)cc1)C(=O)NCc1ccc(Cl)cc1. The molecule has 0 saturated carbocycles. The minimum absolute atomic E-state index is 0.209. The molecule has 2 rings (SSSR count). The number of carbonyl (C=O) groups is 1. The summed E-state index contributed by atoms with van der Waals surface area (Å²) in [7, 11) is 0. The second-order valence-corrected chi connectivity index (χ2v) is 5.18. The Morgan fingerprint density at radius 1 is 1.23 bits per heavy atom. The summed E-state index contributed by atoms with van der Waals surface area (Å²) >= 11 is 5.81. The summed E-state index contributed by atoms with van der Waals surface area (Å²) in [5, 5.41) is 12.2. The number of nitriles is 1. The predicted octanol–water partition coefficient (Wildman–Crippen LogP) is 3.30. The van der Waals surface area contributed by atoms with Crippen LogP contribution in [0.4, 0.5) is 0 Å². The lowest BCUT2D eigenvalue weighted by atomic mass is 10.2. The monoisotopic (exact) mass is 314 g/mol. The van der Waals surface area contributed by atoms with Crippen LogP contribution >= 0.6 is 11.6 Å². The zero-order valence-electron chi connectivity index (χ0n) is 12.0. The van der Waals surface area contributed by atoms with Gasteiger partial charge in [-0.25, -0.2) is 0 Å². The average molecular weight is 315 g/mol. The Hall–Kier alpha value is -2.51. The van der Waals surface area contributed by atoms with Gasteiger partial charge in [0.05, 0.1) is 11.6 Å². The van der Waals surface area contributed by atoms with Crippen LogP contribution in [-0.2, 0) is 11.3 Å². The Morgan fingerprint density at radius 3 is 2.45 bits per heavy atom. The van der Waals surface area contributed by atoms with Crippen LogP contribution in [0.3, 0.4) is 0 Å². The van der Waals surface area contributed by atoms with Crippen molar-refractivity contribution in [3.05, 3.63) is 64.7 Å². The van der Waals surface area contributed by atoms with Crippen molar-refractivity contribution in [2.75, 3.05) is 0 Å². The van der Waals surface area contributed by atoms with E-state index >= 15 is 0 Å². The van der Waals surface area contributed by atoms with Gasteiger partial charge in [0, 0.05) is 11.6 Å². The van der Waals surface area contributed by atoms with Crippen LogP contribution < -0.4 is 10.1 Å². The van der Waals surface area contributed by atoms with E-state index < -0.39 is 6.10 Å². The number of hydrogen-bond donors (Lipinski definition) is 1. The van der Waals surface area contributed by atoms with Gasteiger partial charge < -0.3 is 10.1 Å². The van der Waals surface area contributed by atoms with Crippen molar-refractivity contribution in [3.8, 4) is 11.8 Å². The highest BCUT2D eigenvalue weighted by atomic mass is 35.5. The lowest BCUT2D eigenvalue weighted by molar-refractivity contribution is -0.127. The number of ether oxygens (including phenoxy) is 1. The van der Waals surface area contributed by atoms with Gasteiger partial charge in [-0.1, -0.05) is 23.7 Å². The van der Waals surface area contributed by atoms with Gasteiger partial charge in [-0.15, -0.1) is 0 Å². The lowest BCUT2D eigenvalue weighted by Gasteiger charge is -2.14. The first-order valence-corrected chi connectivity index (χ1v) is 7.15. The fourth-order valence-corrected chi connectivity index (χ4v) is 1.93. The third-order valence-corrected chi connectivity index (χ3v) is 3.30. The second-order valence-electron chi connectivity index (χ2n) is 4.74. The third kappa shape index (κ3) is 4.51. The number of rotatable bonds is 5. The molecular weight excluding hydrogens is 300 g/mol. The van der Waals surface area contributed by atoms with Crippen LogP contribution in [-0.4, -0.2) is 12.0 Å². The zero-order chi connectivity index (χ0) is 15.9. The molecule has 0 aromatic heterocycles.